The van der Waals surface area contributed by atoms with Crippen molar-refractivity contribution in [2.45, 2.75) is 24.3 Å². The molecule has 0 bridgehead atoms. The molecule has 1 rings (SSSR count). The molecule has 18 heavy (non-hydrogen) atoms. The number of halogens is 1. The first-order chi connectivity index (χ1) is 8.44. The number of nitrogens with one attached hydrogen (secondary N) is 1. The molecule has 0 saturated heterocycles. The number of hydrogen-bond acceptors (Lipinski definition) is 4. The van der Waals surface area contributed by atoms with Gasteiger partial charge < -0.3 is 5.11 Å². The van der Waals surface area contributed by atoms with E-state index in [0.29, 0.717) is 6.42 Å². The predicted octanol–water partition coefficient (Wildman–Crippen LogP) is 1.26. The van der Waals surface area contributed by atoms with Crippen molar-refractivity contribution in [1.29, 1.82) is 5.26 Å². The third kappa shape index (κ3) is 3.43. The minimum Gasteiger partial charge on any atom is -0.395 e. The van der Waals surface area contributed by atoms with Crippen LogP contribution in [0.5, 0.6) is 0 Å². The van der Waals surface area contributed by atoms with Crippen LogP contribution < -0.4 is 4.72 Å². The van der Waals surface area contributed by atoms with Gasteiger partial charge in [0.05, 0.1) is 12.2 Å². The molecule has 2 N–H and O–H groups in total. The largest absolute Gasteiger partial charge is 0.395 e. The number of sulfonamides is 1. The third-order valence-electron chi connectivity index (χ3n) is 2.39. The molecule has 0 radical (unpaired) electrons. The number of aliphatic hydroxyl groups is 1. The molecule has 1 aromatic rings. The van der Waals surface area contributed by atoms with Gasteiger partial charge in [0.15, 0.2) is 0 Å². The number of nitrogens with zero attached hydrogens (tertiary/aromatic N) is 1. The van der Waals surface area contributed by atoms with Crippen LogP contribution in [0, 0.1) is 11.3 Å². The number of hydrogen-bond donors (Lipinski definition) is 2. The number of rotatable bonds is 5. The average molecular weight is 289 g/mol. The first kappa shape index (κ1) is 14.9. The number of benzene rings is 1. The second-order valence-electron chi connectivity index (χ2n) is 3.66. The molecule has 0 amide bonds. The van der Waals surface area contributed by atoms with Gasteiger partial charge in [0.2, 0.25) is 10.0 Å². The highest BCUT2D eigenvalue weighted by Gasteiger charge is 2.22. The van der Waals surface area contributed by atoms with Gasteiger partial charge in [-0.1, -0.05) is 18.5 Å². The Kier molecular flexibility index (Phi) is 5.11. The van der Waals surface area contributed by atoms with Gasteiger partial charge in [0, 0.05) is 11.1 Å². The molecular formula is C11H13ClN2O3S. The van der Waals surface area contributed by atoms with Crippen molar-refractivity contribution in [2.24, 2.45) is 0 Å². The molecule has 0 aliphatic carbocycles. The summed E-state index contributed by atoms with van der Waals surface area (Å²) in [5, 5.41) is 18.1. The lowest BCUT2D eigenvalue weighted by Gasteiger charge is -2.15. The fourth-order valence-electron chi connectivity index (χ4n) is 1.34. The standard InChI is InChI=1S/C11H13ClN2O3S/c1-2-10(7-15)14-18(16,17)11-5-9(12)4-3-8(11)6-13/h3-5,10,14-15H,2,7H2,1H3/t10-/m1/s1. The Morgan fingerprint density at radius 2 is 2.22 bits per heavy atom. The Hall–Kier alpha value is -1.13. The molecule has 98 valence electrons. The van der Waals surface area contributed by atoms with Gasteiger partial charge in [0.25, 0.3) is 0 Å². The molecule has 0 aliphatic rings. The third-order valence-corrected chi connectivity index (χ3v) is 4.18. The lowest BCUT2D eigenvalue weighted by atomic mass is 10.2. The lowest BCUT2D eigenvalue weighted by Crippen LogP contribution is -2.37. The molecule has 0 unspecified atom stereocenters. The molecule has 5 nitrogen and oxygen atoms in total. The zero-order chi connectivity index (χ0) is 13.8. The highest BCUT2D eigenvalue weighted by molar-refractivity contribution is 7.89. The second kappa shape index (κ2) is 6.16. The molecule has 1 atom stereocenters. The van der Waals surface area contributed by atoms with Gasteiger partial charge >= 0.3 is 0 Å². The first-order valence-electron chi connectivity index (χ1n) is 5.27. The molecule has 0 heterocycles. The maximum Gasteiger partial charge on any atom is 0.242 e. The fourth-order valence-corrected chi connectivity index (χ4v) is 3.07. The lowest BCUT2D eigenvalue weighted by molar-refractivity contribution is 0.254. The van der Waals surface area contributed by atoms with E-state index in [4.69, 9.17) is 22.0 Å². The summed E-state index contributed by atoms with van der Waals surface area (Å²) in [6.07, 6.45) is 0.443. The normalized spacial score (nSPS) is 13.0. The van der Waals surface area contributed by atoms with Crippen LogP contribution in [0.2, 0.25) is 5.02 Å². The van der Waals surface area contributed by atoms with Crippen LogP contribution in [0.4, 0.5) is 0 Å². The summed E-state index contributed by atoms with van der Waals surface area (Å²) >= 11 is 5.73. The highest BCUT2D eigenvalue weighted by atomic mass is 35.5. The van der Waals surface area contributed by atoms with Crippen molar-refractivity contribution in [3.05, 3.63) is 28.8 Å². The van der Waals surface area contributed by atoms with E-state index in [9.17, 15) is 8.42 Å². The van der Waals surface area contributed by atoms with Gasteiger partial charge in [0.1, 0.15) is 11.0 Å². The molecule has 0 aliphatic heterocycles. The van der Waals surface area contributed by atoms with Crippen LogP contribution >= 0.6 is 11.6 Å². The molecule has 0 fully saturated rings. The summed E-state index contributed by atoms with van der Waals surface area (Å²) in [6.45, 7) is 1.44. The van der Waals surface area contributed by atoms with Crippen molar-refractivity contribution in [3.8, 4) is 6.07 Å². The van der Waals surface area contributed by atoms with Crippen LogP contribution in [0.15, 0.2) is 23.1 Å². The summed E-state index contributed by atoms with van der Waals surface area (Å²) in [7, 11) is -3.87. The van der Waals surface area contributed by atoms with Crippen molar-refractivity contribution in [3.63, 3.8) is 0 Å². The van der Waals surface area contributed by atoms with Gasteiger partial charge in [-0.3, -0.25) is 0 Å². The van der Waals surface area contributed by atoms with Crippen LogP contribution in [0.3, 0.4) is 0 Å². The van der Waals surface area contributed by atoms with Crippen molar-refractivity contribution in [2.75, 3.05) is 6.61 Å². The van der Waals surface area contributed by atoms with E-state index in [1.54, 1.807) is 13.0 Å². The van der Waals surface area contributed by atoms with Gasteiger partial charge in [-0.15, -0.1) is 0 Å². The van der Waals surface area contributed by atoms with E-state index >= 15 is 0 Å². The second-order valence-corrected chi connectivity index (χ2v) is 5.78. The summed E-state index contributed by atoms with van der Waals surface area (Å²) < 4.78 is 26.4. The Morgan fingerprint density at radius 1 is 1.56 bits per heavy atom. The molecule has 0 aromatic heterocycles. The Morgan fingerprint density at radius 3 is 2.72 bits per heavy atom. The predicted molar refractivity (Wildman–Crippen MR) is 67.7 cm³/mol. The Balaban J connectivity index is 3.20. The van der Waals surface area contributed by atoms with Crippen LogP contribution in [-0.2, 0) is 10.0 Å². The van der Waals surface area contributed by atoms with E-state index in [2.05, 4.69) is 4.72 Å². The van der Waals surface area contributed by atoms with Crippen molar-refractivity contribution >= 4 is 21.6 Å². The maximum atomic E-state index is 12.1. The van der Waals surface area contributed by atoms with Crippen LogP contribution in [0.1, 0.15) is 18.9 Å². The molecule has 7 heteroatoms. The molecular weight excluding hydrogens is 276 g/mol. The summed E-state index contributed by atoms with van der Waals surface area (Å²) in [4.78, 5) is -0.176. The summed E-state index contributed by atoms with van der Waals surface area (Å²) in [5.41, 5.74) is 0.0136. The van der Waals surface area contributed by atoms with Crippen LogP contribution in [0.25, 0.3) is 0 Å². The quantitative estimate of drug-likeness (QED) is 0.853. The smallest absolute Gasteiger partial charge is 0.242 e. The van der Waals surface area contributed by atoms with Gasteiger partial charge in [-0.05, 0) is 24.6 Å². The zero-order valence-corrected chi connectivity index (χ0v) is 11.3. The SMILES string of the molecule is CC[C@H](CO)NS(=O)(=O)c1cc(Cl)ccc1C#N. The fraction of sp³-hybridized carbons (Fsp3) is 0.364. The number of aliphatic hydroxyl groups excluding tert-OH is 1. The van der Waals surface area contributed by atoms with Gasteiger partial charge in [-0.2, -0.15) is 5.26 Å². The molecule has 0 spiro atoms. The van der Waals surface area contributed by atoms with Crippen molar-refractivity contribution in [1.82, 2.24) is 4.72 Å². The van der Waals surface area contributed by atoms with E-state index in [1.807, 2.05) is 0 Å². The Bertz CT molecular complexity index is 562. The van der Waals surface area contributed by atoms with E-state index in [1.165, 1.54) is 18.2 Å². The van der Waals surface area contributed by atoms with E-state index in [0.717, 1.165) is 0 Å². The van der Waals surface area contributed by atoms with E-state index in [-0.39, 0.29) is 22.1 Å². The monoisotopic (exact) mass is 288 g/mol. The summed E-state index contributed by atoms with van der Waals surface area (Å²) in [5.74, 6) is 0. The zero-order valence-electron chi connectivity index (χ0n) is 9.72. The minimum atomic E-state index is -3.87. The first-order valence-corrected chi connectivity index (χ1v) is 7.13. The molecule has 0 saturated carbocycles. The topological polar surface area (TPSA) is 90.2 Å². The molecule has 1 aromatic carbocycles. The van der Waals surface area contributed by atoms with Crippen molar-refractivity contribution < 1.29 is 13.5 Å². The number of nitriles is 1. The Labute approximate surface area is 111 Å². The average Bonchev–Trinajstić information content (AvgIpc) is 2.36. The van der Waals surface area contributed by atoms with Crippen LogP contribution in [-0.4, -0.2) is 26.2 Å². The van der Waals surface area contributed by atoms with E-state index < -0.39 is 16.1 Å². The summed E-state index contributed by atoms with van der Waals surface area (Å²) in [6, 6.07) is 5.22. The highest BCUT2D eigenvalue weighted by Crippen LogP contribution is 2.20. The minimum absolute atomic E-state index is 0.0136. The van der Waals surface area contributed by atoms with Gasteiger partial charge in [-0.25, -0.2) is 13.1 Å². The maximum absolute atomic E-state index is 12.1.